The molecule has 110 valence electrons. The van der Waals surface area contributed by atoms with E-state index < -0.39 is 5.91 Å². The molecule has 0 saturated carbocycles. The Labute approximate surface area is 116 Å². The number of carbonyl (C=O) groups is 2. The number of hydrogen-bond acceptors (Lipinski definition) is 5. The molecule has 0 aliphatic heterocycles. The fourth-order valence-corrected chi connectivity index (χ4v) is 1.54. The number of nitrogens with one attached hydrogen (secondary N) is 1. The lowest BCUT2D eigenvalue weighted by Crippen LogP contribution is -2.39. The van der Waals surface area contributed by atoms with Crippen LogP contribution in [-0.2, 0) is 9.53 Å². The number of carbonyl (C=O) groups excluding carboxylic acids is 2. The van der Waals surface area contributed by atoms with Crippen molar-refractivity contribution in [3.05, 3.63) is 23.8 Å². The third-order valence-corrected chi connectivity index (χ3v) is 2.57. The van der Waals surface area contributed by atoms with E-state index in [2.05, 4.69) is 5.32 Å². The van der Waals surface area contributed by atoms with Crippen LogP contribution < -0.4 is 5.32 Å². The van der Waals surface area contributed by atoms with Crippen molar-refractivity contribution in [2.24, 2.45) is 0 Å². The highest BCUT2D eigenvalue weighted by Crippen LogP contribution is 2.23. The maximum absolute atomic E-state index is 12.0. The van der Waals surface area contributed by atoms with Crippen molar-refractivity contribution in [3.63, 3.8) is 0 Å². The number of phenols is 2. The van der Waals surface area contributed by atoms with E-state index in [1.165, 1.54) is 31.2 Å². The Bertz CT molecular complexity index is 490. The van der Waals surface area contributed by atoms with Crippen LogP contribution in [0.2, 0.25) is 0 Å². The van der Waals surface area contributed by atoms with Crippen LogP contribution in [0.25, 0.3) is 0 Å². The minimum atomic E-state index is -0.510. The first-order valence-electron chi connectivity index (χ1n) is 5.98. The highest BCUT2D eigenvalue weighted by molar-refractivity contribution is 5.98. The molecule has 0 atom stereocenters. The van der Waals surface area contributed by atoms with Gasteiger partial charge in [-0.1, -0.05) is 0 Å². The molecule has 1 aromatic rings. The van der Waals surface area contributed by atoms with Gasteiger partial charge in [0.15, 0.2) is 0 Å². The minimum absolute atomic E-state index is 0.0231. The zero-order chi connectivity index (χ0) is 15.1. The van der Waals surface area contributed by atoms with Gasteiger partial charge in [0.25, 0.3) is 5.91 Å². The summed E-state index contributed by atoms with van der Waals surface area (Å²) in [4.78, 5) is 24.7. The summed E-state index contributed by atoms with van der Waals surface area (Å²) in [5.41, 5.74) is 0.0231. The van der Waals surface area contributed by atoms with Gasteiger partial charge in [-0.15, -0.1) is 0 Å². The van der Waals surface area contributed by atoms with Crippen molar-refractivity contribution >= 4 is 11.8 Å². The lowest BCUT2D eigenvalue weighted by molar-refractivity contribution is -0.121. The number of methoxy groups -OCH3 is 1. The Balaban J connectivity index is 2.60. The van der Waals surface area contributed by atoms with Gasteiger partial charge in [-0.05, 0) is 12.1 Å². The first-order chi connectivity index (χ1) is 9.45. The van der Waals surface area contributed by atoms with Crippen LogP contribution in [0.3, 0.4) is 0 Å². The van der Waals surface area contributed by atoms with E-state index in [1.54, 1.807) is 0 Å². The second kappa shape index (κ2) is 7.34. The number of rotatable bonds is 6. The number of nitrogens with zero attached hydrogens (tertiary/aromatic N) is 1. The van der Waals surface area contributed by atoms with Gasteiger partial charge in [-0.2, -0.15) is 0 Å². The number of aromatic hydroxyl groups is 2. The molecule has 0 radical (unpaired) electrons. The molecule has 0 aromatic heterocycles. The summed E-state index contributed by atoms with van der Waals surface area (Å²) in [5.74, 6) is -1.30. The predicted octanol–water partition coefficient (Wildman–Crippen LogP) is -0.0676. The third-order valence-electron chi connectivity index (χ3n) is 2.57. The molecule has 0 spiro atoms. The van der Waals surface area contributed by atoms with Gasteiger partial charge in [0.05, 0.1) is 18.7 Å². The first-order valence-corrected chi connectivity index (χ1v) is 5.98. The monoisotopic (exact) mass is 282 g/mol. The summed E-state index contributed by atoms with van der Waals surface area (Å²) in [6, 6.07) is 3.66. The molecule has 0 heterocycles. The second-order valence-corrected chi connectivity index (χ2v) is 4.21. The fraction of sp³-hybridized carbons (Fsp3) is 0.385. The van der Waals surface area contributed by atoms with E-state index in [0.29, 0.717) is 13.2 Å². The Kier molecular flexibility index (Phi) is 5.79. The van der Waals surface area contributed by atoms with Gasteiger partial charge < -0.3 is 25.2 Å². The lowest BCUT2D eigenvalue weighted by atomic mass is 10.1. The predicted molar refractivity (Wildman–Crippen MR) is 71.6 cm³/mol. The van der Waals surface area contributed by atoms with Gasteiger partial charge in [-0.25, -0.2) is 0 Å². The van der Waals surface area contributed by atoms with Crippen molar-refractivity contribution in [1.82, 2.24) is 10.2 Å². The molecule has 1 rings (SSSR count). The summed E-state index contributed by atoms with van der Waals surface area (Å²) in [5, 5.41) is 21.3. The topological polar surface area (TPSA) is 99.1 Å². The molecule has 0 fully saturated rings. The molecule has 7 nitrogen and oxygen atoms in total. The summed E-state index contributed by atoms with van der Waals surface area (Å²) in [7, 11) is 2.97. The molecule has 0 aliphatic rings. The molecule has 0 unspecified atom stereocenters. The molecular formula is C13H18N2O5. The van der Waals surface area contributed by atoms with E-state index in [4.69, 9.17) is 9.84 Å². The van der Waals surface area contributed by atoms with Gasteiger partial charge in [-0.3, -0.25) is 9.59 Å². The smallest absolute Gasteiger partial charge is 0.257 e. The van der Waals surface area contributed by atoms with Crippen molar-refractivity contribution in [2.75, 3.05) is 33.9 Å². The first kappa shape index (κ1) is 15.8. The minimum Gasteiger partial charge on any atom is -0.508 e. The van der Waals surface area contributed by atoms with Crippen molar-refractivity contribution in [1.29, 1.82) is 0 Å². The van der Waals surface area contributed by atoms with Crippen LogP contribution in [0.1, 0.15) is 10.4 Å². The van der Waals surface area contributed by atoms with Gasteiger partial charge in [0, 0.05) is 26.8 Å². The Morgan fingerprint density at radius 1 is 1.35 bits per heavy atom. The average Bonchev–Trinajstić information content (AvgIpc) is 2.38. The molecule has 3 N–H and O–H groups in total. The van der Waals surface area contributed by atoms with Crippen LogP contribution >= 0.6 is 0 Å². The number of ether oxygens (including phenoxy) is 1. The van der Waals surface area contributed by atoms with E-state index in [-0.39, 0.29) is 29.5 Å². The zero-order valence-electron chi connectivity index (χ0n) is 11.4. The molecule has 20 heavy (non-hydrogen) atoms. The number of phenolic OH excluding ortho intramolecular Hbond substituents is 2. The van der Waals surface area contributed by atoms with Crippen LogP contribution in [0.15, 0.2) is 18.2 Å². The molecule has 0 saturated heterocycles. The summed E-state index contributed by atoms with van der Waals surface area (Å²) in [6.45, 7) is 0.618. The zero-order valence-corrected chi connectivity index (χ0v) is 11.4. The summed E-state index contributed by atoms with van der Waals surface area (Å²) >= 11 is 0. The highest BCUT2D eigenvalue weighted by atomic mass is 16.5. The maximum atomic E-state index is 12.0. The fourth-order valence-electron chi connectivity index (χ4n) is 1.54. The molecule has 1 aromatic carbocycles. The van der Waals surface area contributed by atoms with Crippen LogP contribution in [0, 0.1) is 0 Å². The molecule has 0 bridgehead atoms. The molecule has 0 aliphatic carbocycles. The summed E-state index contributed by atoms with van der Waals surface area (Å²) in [6.07, 6.45) is 0. The average molecular weight is 282 g/mol. The Morgan fingerprint density at radius 2 is 2.05 bits per heavy atom. The number of hydrogen-bond donors (Lipinski definition) is 3. The second-order valence-electron chi connectivity index (χ2n) is 4.21. The summed E-state index contributed by atoms with van der Waals surface area (Å²) < 4.78 is 4.79. The standard InChI is InChI=1S/C13H18N2O5/c1-15(8-12(18)14-5-6-20-2)13(19)10-4-3-9(16)7-11(10)17/h3-4,7,16-17H,5-6,8H2,1-2H3,(H,14,18). The van der Waals surface area contributed by atoms with Crippen LogP contribution in [0.4, 0.5) is 0 Å². The third kappa shape index (κ3) is 4.43. The molecule has 7 heteroatoms. The largest absolute Gasteiger partial charge is 0.508 e. The normalized spacial score (nSPS) is 10.1. The molecule has 2 amide bonds. The van der Waals surface area contributed by atoms with E-state index in [1.807, 2.05) is 0 Å². The lowest BCUT2D eigenvalue weighted by Gasteiger charge is -2.17. The van der Waals surface area contributed by atoms with Crippen LogP contribution in [0.5, 0.6) is 11.5 Å². The van der Waals surface area contributed by atoms with Gasteiger partial charge in [0.2, 0.25) is 5.91 Å². The van der Waals surface area contributed by atoms with E-state index >= 15 is 0 Å². The number of likely N-dealkylation sites (N-methyl/N-ethyl adjacent to an activating group) is 1. The van der Waals surface area contributed by atoms with E-state index in [9.17, 15) is 14.7 Å². The van der Waals surface area contributed by atoms with Crippen molar-refractivity contribution in [2.45, 2.75) is 0 Å². The molecular weight excluding hydrogens is 264 g/mol. The van der Waals surface area contributed by atoms with Crippen molar-refractivity contribution in [3.8, 4) is 11.5 Å². The SMILES string of the molecule is COCCNC(=O)CN(C)C(=O)c1ccc(O)cc1O. The van der Waals surface area contributed by atoms with Crippen LogP contribution in [-0.4, -0.2) is 60.8 Å². The maximum Gasteiger partial charge on any atom is 0.257 e. The van der Waals surface area contributed by atoms with Gasteiger partial charge >= 0.3 is 0 Å². The van der Waals surface area contributed by atoms with E-state index in [0.717, 1.165) is 6.07 Å². The number of amides is 2. The number of benzene rings is 1. The highest BCUT2D eigenvalue weighted by Gasteiger charge is 2.18. The Morgan fingerprint density at radius 3 is 2.65 bits per heavy atom. The van der Waals surface area contributed by atoms with Gasteiger partial charge in [0.1, 0.15) is 11.5 Å². The Hall–Kier alpha value is -2.28. The van der Waals surface area contributed by atoms with Crippen molar-refractivity contribution < 1.29 is 24.5 Å². The quantitative estimate of drug-likeness (QED) is 0.634.